The van der Waals surface area contributed by atoms with E-state index in [2.05, 4.69) is 20.8 Å². The summed E-state index contributed by atoms with van der Waals surface area (Å²) in [6, 6.07) is 7.29. The monoisotopic (exact) mass is 516 g/mol. The molecule has 35 heavy (non-hydrogen) atoms. The number of nitrogens with zero attached hydrogens (tertiary/aromatic N) is 2. The van der Waals surface area contributed by atoms with E-state index in [1.54, 1.807) is 11.7 Å². The smallest absolute Gasteiger partial charge is 0.316 e. The lowest BCUT2D eigenvalue weighted by molar-refractivity contribution is -0.140. The zero-order chi connectivity index (χ0) is 24.9. The molecule has 0 amide bonds. The molecule has 0 fully saturated rings. The standard InChI is InChI=1S/C26H32N2O5S2/c1-5-6-7-12-32-22(29)15-34-26-27-24-23(19-13-20(16(2)3)33-14-21(19)35-24)25(30)28(26)17-8-10-18(31-4)11-9-17/h8-11,16,20H,5-7,12-15H2,1-4H3/t20-/m0/s1. The average molecular weight is 517 g/mol. The van der Waals surface area contributed by atoms with Crippen LogP contribution in [0.15, 0.2) is 34.2 Å². The van der Waals surface area contributed by atoms with Crippen LogP contribution < -0.4 is 10.3 Å². The van der Waals surface area contributed by atoms with E-state index in [1.807, 2.05) is 24.3 Å². The van der Waals surface area contributed by atoms with Crippen molar-refractivity contribution in [1.29, 1.82) is 0 Å². The predicted molar refractivity (Wildman–Crippen MR) is 140 cm³/mol. The molecule has 4 rings (SSSR count). The van der Waals surface area contributed by atoms with Gasteiger partial charge in [0.05, 0.1) is 43.3 Å². The Bertz CT molecular complexity index is 1230. The van der Waals surface area contributed by atoms with E-state index >= 15 is 0 Å². The van der Waals surface area contributed by atoms with Crippen molar-refractivity contribution in [3.8, 4) is 11.4 Å². The Kier molecular flexibility index (Phi) is 8.51. The highest BCUT2D eigenvalue weighted by atomic mass is 32.2. The van der Waals surface area contributed by atoms with Crippen LogP contribution in [0.4, 0.5) is 0 Å². The predicted octanol–water partition coefficient (Wildman–Crippen LogP) is 5.38. The van der Waals surface area contributed by atoms with Gasteiger partial charge in [-0.3, -0.25) is 14.2 Å². The highest BCUT2D eigenvalue weighted by Crippen LogP contribution is 2.36. The van der Waals surface area contributed by atoms with Gasteiger partial charge in [-0.1, -0.05) is 45.4 Å². The molecule has 1 atom stereocenters. The minimum absolute atomic E-state index is 0.0747. The second-order valence-electron chi connectivity index (χ2n) is 8.93. The number of methoxy groups -OCH3 is 1. The van der Waals surface area contributed by atoms with Gasteiger partial charge in [0.15, 0.2) is 5.16 Å². The van der Waals surface area contributed by atoms with Gasteiger partial charge in [0.1, 0.15) is 10.6 Å². The number of unbranched alkanes of at least 4 members (excludes halogenated alkanes) is 2. The summed E-state index contributed by atoms with van der Waals surface area (Å²) in [5, 5.41) is 1.12. The summed E-state index contributed by atoms with van der Waals surface area (Å²) in [6.07, 6.45) is 3.72. The SMILES string of the molecule is CCCCCOC(=O)CSc1nc2sc3c(c2c(=O)n1-c1ccc(OC)cc1)C[C@@H](C(C)C)OC3. The molecule has 188 valence electrons. The molecule has 0 saturated carbocycles. The summed E-state index contributed by atoms with van der Waals surface area (Å²) in [7, 11) is 1.60. The number of thiophene rings is 1. The van der Waals surface area contributed by atoms with E-state index in [0.29, 0.717) is 52.4 Å². The molecule has 2 aromatic heterocycles. The number of rotatable bonds is 10. The molecule has 1 aliphatic rings. The number of thioether (sulfide) groups is 1. The largest absolute Gasteiger partial charge is 0.497 e. The van der Waals surface area contributed by atoms with Gasteiger partial charge in [0, 0.05) is 11.3 Å². The van der Waals surface area contributed by atoms with Crippen LogP contribution in [0, 0.1) is 5.92 Å². The normalized spacial score (nSPS) is 15.4. The van der Waals surface area contributed by atoms with E-state index in [1.165, 1.54) is 23.1 Å². The Morgan fingerprint density at radius 1 is 1.29 bits per heavy atom. The lowest BCUT2D eigenvalue weighted by Gasteiger charge is -2.26. The van der Waals surface area contributed by atoms with Crippen molar-refractivity contribution in [1.82, 2.24) is 9.55 Å². The van der Waals surface area contributed by atoms with Crippen LogP contribution in [0.5, 0.6) is 5.75 Å². The van der Waals surface area contributed by atoms with Crippen molar-refractivity contribution in [2.45, 2.75) is 64.3 Å². The van der Waals surface area contributed by atoms with Gasteiger partial charge in [-0.2, -0.15) is 0 Å². The molecular weight excluding hydrogens is 484 g/mol. The fourth-order valence-corrected chi connectivity index (χ4v) is 6.07. The number of hydrogen-bond donors (Lipinski definition) is 0. The van der Waals surface area contributed by atoms with Crippen molar-refractivity contribution < 1.29 is 19.0 Å². The molecule has 9 heteroatoms. The summed E-state index contributed by atoms with van der Waals surface area (Å²) in [5.41, 5.74) is 1.60. The number of hydrogen-bond acceptors (Lipinski definition) is 8. The molecule has 0 unspecified atom stereocenters. The Balaban J connectivity index is 1.72. The van der Waals surface area contributed by atoms with Crippen molar-refractivity contribution in [3.63, 3.8) is 0 Å². The zero-order valence-electron chi connectivity index (χ0n) is 20.7. The third kappa shape index (κ3) is 5.73. The van der Waals surface area contributed by atoms with Crippen LogP contribution in [0.2, 0.25) is 0 Å². The maximum absolute atomic E-state index is 13.9. The van der Waals surface area contributed by atoms with Crippen molar-refractivity contribution in [2.75, 3.05) is 19.5 Å². The summed E-state index contributed by atoms with van der Waals surface area (Å²) in [5.74, 6) is 0.836. The van der Waals surface area contributed by atoms with Gasteiger partial charge in [-0.05, 0) is 42.2 Å². The van der Waals surface area contributed by atoms with Gasteiger partial charge >= 0.3 is 5.97 Å². The molecular formula is C26H32N2O5S2. The number of aromatic nitrogens is 2. The van der Waals surface area contributed by atoms with Crippen LogP contribution in [0.25, 0.3) is 15.9 Å². The number of carbonyl (C=O) groups is 1. The Morgan fingerprint density at radius 2 is 2.06 bits per heavy atom. The van der Waals surface area contributed by atoms with Gasteiger partial charge < -0.3 is 14.2 Å². The second-order valence-corrected chi connectivity index (χ2v) is 11.0. The van der Waals surface area contributed by atoms with E-state index in [-0.39, 0.29) is 23.4 Å². The van der Waals surface area contributed by atoms with Crippen LogP contribution in [-0.2, 0) is 27.3 Å². The Labute approximate surface area is 213 Å². The summed E-state index contributed by atoms with van der Waals surface area (Å²) >= 11 is 2.73. The number of ether oxygens (including phenoxy) is 3. The van der Waals surface area contributed by atoms with Crippen molar-refractivity contribution in [2.24, 2.45) is 5.92 Å². The van der Waals surface area contributed by atoms with Gasteiger partial charge in [-0.25, -0.2) is 4.98 Å². The third-order valence-electron chi connectivity index (χ3n) is 6.12. The first-order valence-electron chi connectivity index (χ1n) is 12.0. The second kappa shape index (κ2) is 11.6. The first kappa shape index (κ1) is 25.7. The molecule has 1 aliphatic heterocycles. The molecule has 0 bridgehead atoms. The fourth-order valence-electron chi connectivity index (χ4n) is 4.10. The average Bonchev–Trinajstić information content (AvgIpc) is 3.23. The zero-order valence-corrected chi connectivity index (χ0v) is 22.3. The maximum Gasteiger partial charge on any atom is 0.316 e. The van der Waals surface area contributed by atoms with Crippen molar-refractivity contribution in [3.05, 3.63) is 45.1 Å². The highest BCUT2D eigenvalue weighted by Gasteiger charge is 2.29. The summed E-state index contributed by atoms with van der Waals surface area (Å²) in [6.45, 7) is 7.28. The number of benzene rings is 1. The molecule has 3 aromatic rings. The van der Waals surface area contributed by atoms with Crippen LogP contribution in [0.3, 0.4) is 0 Å². The Hall–Kier alpha value is -2.36. The summed E-state index contributed by atoms with van der Waals surface area (Å²) in [4.78, 5) is 32.9. The lowest BCUT2D eigenvalue weighted by Crippen LogP contribution is -2.28. The van der Waals surface area contributed by atoms with E-state index < -0.39 is 0 Å². The molecule has 0 radical (unpaired) electrons. The third-order valence-corrected chi connectivity index (χ3v) is 8.13. The summed E-state index contributed by atoms with van der Waals surface area (Å²) < 4.78 is 18.3. The number of esters is 1. The fraction of sp³-hybridized carbons (Fsp3) is 0.500. The van der Waals surface area contributed by atoms with E-state index in [0.717, 1.165) is 29.7 Å². The topological polar surface area (TPSA) is 79.7 Å². The minimum atomic E-state index is -0.305. The maximum atomic E-state index is 13.9. The van der Waals surface area contributed by atoms with Crippen LogP contribution in [0.1, 0.15) is 50.5 Å². The van der Waals surface area contributed by atoms with E-state index in [4.69, 9.17) is 19.2 Å². The first-order valence-corrected chi connectivity index (χ1v) is 13.8. The van der Waals surface area contributed by atoms with Gasteiger partial charge in [0.25, 0.3) is 5.56 Å². The van der Waals surface area contributed by atoms with E-state index in [9.17, 15) is 9.59 Å². The Morgan fingerprint density at radius 3 is 2.74 bits per heavy atom. The number of carbonyl (C=O) groups excluding carboxylic acids is 1. The molecule has 0 spiro atoms. The van der Waals surface area contributed by atoms with Gasteiger partial charge in [0.2, 0.25) is 0 Å². The minimum Gasteiger partial charge on any atom is -0.497 e. The molecule has 0 N–H and O–H groups in total. The van der Waals surface area contributed by atoms with Gasteiger partial charge in [-0.15, -0.1) is 11.3 Å². The molecule has 1 aromatic carbocycles. The molecule has 0 saturated heterocycles. The highest BCUT2D eigenvalue weighted by molar-refractivity contribution is 7.99. The quantitative estimate of drug-likeness (QED) is 0.155. The van der Waals surface area contributed by atoms with Crippen LogP contribution in [-0.4, -0.2) is 41.1 Å². The number of fused-ring (bicyclic) bond motifs is 3. The first-order chi connectivity index (χ1) is 16.9. The molecule has 7 nitrogen and oxygen atoms in total. The van der Waals surface area contributed by atoms with Crippen LogP contribution >= 0.6 is 23.1 Å². The lowest BCUT2D eigenvalue weighted by atomic mass is 9.96. The molecule has 0 aliphatic carbocycles. The molecule has 3 heterocycles. The van der Waals surface area contributed by atoms with Crippen molar-refractivity contribution >= 4 is 39.3 Å².